The molecule has 0 aliphatic heterocycles. The Labute approximate surface area is 115 Å². The highest BCUT2D eigenvalue weighted by molar-refractivity contribution is 14.0. The molecule has 0 aromatic heterocycles. The number of carbonyl (C=O) groups excluding carboxylic acids is 1. The smallest absolute Gasteiger partial charge is 0.242 e. The number of aliphatic imine (C=N–C) groups is 1. The average Bonchev–Trinajstić information content (AvgIpc) is 2.08. The average molecular weight is 342 g/mol. The van der Waals surface area contributed by atoms with E-state index in [0.717, 1.165) is 13.0 Å². The molecule has 0 aliphatic rings. The number of nitrogens with zero attached hydrogens (tertiary/aromatic N) is 1. The van der Waals surface area contributed by atoms with Crippen LogP contribution in [0.3, 0.4) is 0 Å². The van der Waals surface area contributed by atoms with Crippen LogP contribution in [0.5, 0.6) is 0 Å². The highest BCUT2D eigenvalue weighted by Crippen LogP contribution is 1.97. The first-order chi connectivity index (χ1) is 6.85. The summed E-state index contributed by atoms with van der Waals surface area (Å²) in [5.74, 6) is 0.199. The maximum Gasteiger partial charge on any atom is 0.242 e. The van der Waals surface area contributed by atoms with Crippen molar-refractivity contribution in [2.24, 2.45) is 10.7 Å². The van der Waals surface area contributed by atoms with Gasteiger partial charge in [0.2, 0.25) is 5.91 Å². The number of rotatable bonds is 4. The van der Waals surface area contributed by atoms with Crippen LogP contribution in [0.2, 0.25) is 0 Å². The summed E-state index contributed by atoms with van der Waals surface area (Å²) in [5, 5.41) is 5.70. The van der Waals surface area contributed by atoms with E-state index in [1.165, 1.54) is 0 Å². The van der Waals surface area contributed by atoms with Crippen molar-refractivity contribution < 1.29 is 4.79 Å². The van der Waals surface area contributed by atoms with E-state index in [-0.39, 0.29) is 42.0 Å². The van der Waals surface area contributed by atoms with Crippen molar-refractivity contribution in [1.82, 2.24) is 10.6 Å². The van der Waals surface area contributed by atoms with Gasteiger partial charge in [0.15, 0.2) is 5.96 Å². The first kappa shape index (κ1) is 17.9. The molecule has 0 saturated heterocycles. The predicted molar refractivity (Wildman–Crippen MR) is 78.1 cm³/mol. The minimum Gasteiger partial charge on any atom is -0.370 e. The SMILES string of the molecule is CCCNC(N)=NCC(=O)NC(C)(C)C.I. The van der Waals surface area contributed by atoms with Crippen LogP contribution < -0.4 is 16.4 Å². The molecule has 0 aromatic carbocycles. The maximum atomic E-state index is 11.3. The summed E-state index contributed by atoms with van der Waals surface area (Å²) in [5.41, 5.74) is 5.31. The Balaban J connectivity index is 0. The summed E-state index contributed by atoms with van der Waals surface area (Å²) in [7, 11) is 0. The van der Waals surface area contributed by atoms with E-state index < -0.39 is 0 Å². The second-order valence-electron chi connectivity index (χ2n) is 4.43. The Morgan fingerprint density at radius 1 is 1.38 bits per heavy atom. The zero-order valence-electron chi connectivity index (χ0n) is 10.5. The van der Waals surface area contributed by atoms with Crippen molar-refractivity contribution in [1.29, 1.82) is 0 Å². The minimum atomic E-state index is -0.224. The number of nitrogens with two attached hydrogens (primary N) is 1. The van der Waals surface area contributed by atoms with Crippen LogP contribution in [-0.2, 0) is 4.79 Å². The lowest BCUT2D eigenvalue weighted by atomic mass is 10.1. The first-order valence-electron chi connectivity index (χ1n) is 5.20. The number of guanidine groups is 1. The van der Waals surface area contributed by atoms with Crippen LogP contribution in [0.15, 0.2) is 4.99 Å². The zero-order valence-corrected chi connectivity index (χ0v) is 12.8. The van der Waals surface area contributed by atoms with Gasteiger partial charge in [0, 0.05) is 12.1 Å². The fraction of sp³-hybridized carbons (Fsp3) is 0.800. The van der Waals surface area contributed by atoms with Crippen molar-refractivity contribution in [3.05, 3.63) is 0 Å². The molecule has 0 aromatic rings. The van der Waals surface area contributed by atoms with Gasteiger partial charge >= 0.3 is 0 Å². The Morgan fingerprint density at radius 3 is 2.38 bits per heavy atom. The quantitative estimate of drug-likeness (QED) is 0.402. The van der Waals surface area contributed by atoms with Crippen LogP contribution in [0.1, 0.15) is 34.1 Å². The fourth-order valence-electron chi connectivity index (χ4n) is 0.924. The van der Waals surface area contributed by atoms with Crippen LogP contribution in [0.4, 0.5) is 0 Å². The molecule has 0 bridgehead atoms. The molecular weight excluding hydrogens is 319 g/mol. The molecule has 0 spiro atoms. The minimum absolute atomic E-state index is 0. The van der Waals surface area contributed by atoms with Crippen LogP contribution in [0, 0.1) is 0 Å². The lowest BCUT2D eigenvalue weighted by Gasteiger charge is -2.19. The molecule has 6 heteroatoms. The van der Waals surface area contributed by atoms with Gasteiger partial charge in [0.05, 0.1) is 0 Å². The molecule has 96 valence electrons. The molecule has 0 saturated carbocycles. The molecular formula is C10H23IN4O. The van der Waals surface area contributed by atoms with Gasteiger partial charge in [-0.05, 0) is 27.2 Å². The van der Waals surface area contributed by atoms with E-state index in [2.05, 4.69) is 15.6 Å². The Morgan fingerprint density at radius 2 is 1.94 bits per heavy atom. The van der Waals surface area contributed by atoms with Gasteiger partial charge < -0.3 is 16.4 Å². The number of nitrogens with one attached hydrogen (secondary N) is 2. The number of carbonyl (C=O) groups is 1. The van der Waals surface area contributed by atoms with E-state index in [1.807, 2.05) is 27.7 Å². The van der Waals surface area contributed by atoms with E-state index in [4.69, 9.17) is 5.73 Å². The molecule has 1 amide bonds. The normalized spacial score (nSPS) is 11.6. The summed E-state index contributed by atoms with van der Waals surface area (Å²) in [4.78, 5) is 15.3. The molecule has 0 rings (SSSR count). The number of amides is 1. The highest BCUT2D eigenvalue weighted by atomic mass is 127. The Hall–Kier alpha value is -0.530. The van der Waals surface area contributed by atoms with Crippen molar-refractivity contribution in [2.45, 2.75) is 39.7 Å². The molecule has 0 unspecified atom stereocenters. The van der Waals surface area contributed by atoms with Gasteiger partial charge in [-0.3, -0.25) is 4.79 Å². The maximum absolute atomic E-state index is 11.3. The van der Waals surface area contributed by atoms with Gasteiger partial charge in [0.25, 0.3) is 0 Å². The monoisotopic (exact) mass is 342 g/mol. The van der Waals surface area contributed by atoms with Gasteiger partial charge in [0.1, 0.15) is 6.54 Å². The van der Waals surface area contributed by atoms with Gasteiger partial charge in [-0.1, -0.05) is 6.92 Å². The fourth-order valence-corrected chi connectivity index (χ4v) is 0.924. The van der Waals surface area contributed by atoms with Crippen LogP contribution in [-0.4, -0.2) is 30.5 Å². The van der Waals surface area contributed by atoms with Crippen molar-refractivity contribution >= 4 is 35.8 Å². The number of hydrogen-bond acceptors (Lipinski definition) is 2. The van der Waals surface area contributed by atoms with Crippen LogP contribution >= 0.6 is 24.0 Å². The number of halogens is 1. The summed E-state index contributed by atoms with van der Waals surface area (Å²) in [6, 6.07) is 0. The molecule has 5 nitrogen and oxygen atoms in total. The highest BCUT2D eigenvalue weighted by Gasteiger charge is 2.12. The molecule has 16 heavy (non-hydrogen) atoms. The van der Waals surface area contributed by atoms with E-state index >= 15 is 0 Å². The first-order valence-corrected chi connectivity index (χ1v) is 5.20. The summed E-state index contributed by atoms with van der Waals surface area (Å²) in [6.07, 6.45) is 0.977. The van der Waals surface area contributed by atoms with Crippen molar-refractivity contribution in [3.8, 4) is 0 Å². The molecule has 0 radical (unpaired) electrons. The van der Waals surface area contributed by atoms with Gasteiger partial charge in [-0.25, -0.2) is 4.99 Å². The van der Waals surface area contributed by atoms with E-state index in [0.29, 0.717) is 5.96 Å². The van der Waals surface area contributed by atoms with Crippen LogP contribution in [0.25, 0.3) is 0 Å². The Kier molecular flexibility index (Phi) is 9.60. The third-order valence-electron chi connectivity index (χ3n) is 1.46. The molecule has 0 heterocycles. The molecule has 0 aliphatic carbocycles. The predicted octanol–water partition coefficient (Wildman–Crippen LogP) is 0.833. The van der Waals surface area contributed by atoms with E-state index in [9.17, 15) is 4.79 Å². The van der Waals surface area contributed by atoms with Crippen molar-refractivity contribution in [3.63, 3.8) is 0 Å². The molecule has 0 fully saturated rings. The van der Waals surface area contributed by atoms with Gasteiger partial charge in [-0.15, -0.1) is 24.0 Å². The zero-order chi connectivity index (χ0) is 11.9. The topological polar surface area (TPSA) is 79.5 Å². The lowest BCUT2D eigenvalue weighted by molar-refractivity contribution is -0.121. The Bertz CT molecular complexity index is 235. The summed E-state index contributed by atoms with van der Waals surface area (Å²) >= 11 is 0. The lowest BCUT2D eigenvalue weighted by Crippen LogP contribution is -2.42. The standard InChI is InChI=1S/C10H22N4O.HI/c1-5-6-12-9(11)13-7-8(15)14-10(2,3)4;/h5-7H2,1-4H3,(H,14,15)(H3,11,12,13);1H. The molecule has 4 N–H and O–H groups in total. The number of hydrogen-bond donors (Lipinski definition) is 3. The van der Waals surface area contributed by atoms with Crippen molar-refractivity contribution in [2.75, 3.05) is 13.1 Å². The summed E-state index contributed by atoms with van der Waals surface area (Å²) < 4.78 is 0. The second-order valence-corrected chi connectivity index (χ2v) is 4.43. The largest absolute Gasteiger partial charge is 0.370 e. The third-order valence-corrected chi connectivity index (χ3v) is 1.46. The third kappa shape index (κ3) is 11.5. The second kappa shape index (κ2) is 8.60. The summed E-state index contributed by atoms with van der Waals surface area (Å²) in [6.45, 7) is 8.65. The van der Waals surface area contributed by atoms with E-state index in [1.54, 1.807) is 0 Å². The molecule has 0 atom stereocenters. The van der Waals surface area contributed by atoms with Gasteiger partial charge in [-0.2, -0.15) is 0 Å².